The van der Waals surface area contributed by atoms with Gasteiger partial charge in [-0.2, -0.15) is 0 Å². The van der Waals surface area contributed by atoms with Crippen LogP contribution in [0.15, 0.2) is 22.7 Å². The van der Waals surface area contributed by atoms with E-state index in [9.17, 15) is 17.7 Å². The second-order valence-electron chi connectivity index (χ2n) is 3.17. The van der Waals surface area contributed by atoms with Crippen LogP contribution in [0.2, 0.25) is 0 Å². The molecule has 0 fully saturated rings. The Labute approximate surface area is 148 Å². The van der Waals surface area contributed by atoms with Crippen LogP contribution in [0.25, 0.3) is 0 Å². The van der Waals surface area contributed by atoms with Gasteiger partial charge in [-0.15, -0.1) is 0 Å². The van der Waals surface area contributed by atoms with Gasteiger partial charge in [0.15, 0.2) is 0 Å². The molecular formula is C9H8BBrF3KO2. The van der Waals surface area contributed by atoms with Gasteiger partial charge >= 0.3 is 64.3 Å². The van der Waals surface area contributed by atoms with Gasteiger partial charge in [0.2, 0.25) is 0 Å². The fraction of sp³-hybridized carbons (Fsp3) is 0.222. The molecule has 1 aromatic rings. The van der Waals surface area contributed by atoms with E-state index in [2.05, 4.69) is 20.7 Å². The summed E-state index contributed by atoms with van der Waals surface area (Å²) in [4.78, 5) is 11.3. The van der Waals surface area contributed by atoms with Gasteiger partial charge in [-0.05, 0) is 17.7 Å². The van der Waals surface area contributed by atoms with E-state index >= 15 is 0 Å². The Morgan fingerprint density at radius 2 is 2.00 bits per heavy atom. The van der Waals surface area contributed by atoms with Crippen molar-refractivity contribution in [1.82, 2.24) is 0 Å². The Hall–Kier alpha value is 0.661. The Morgan fingerprint density at radius 1 is 1.41 bits per heavy atom. The maximum Gasteiger partial charge on any atom is 1.00 e. The molecule has 0 saturated heterocycles. The van der Waals surface area contributed by atoms with Gasteiger partial charge < -0.3 is 17.7 Å². The largest absolute Gasteiger partial charge is 1.00 e. The number of esters is 1. The number of rotatable bonds is 3. The standard InChI is InChI=1S/C9H8BBrF3O2.K/c1-16-9(15)6-3-2-4-8(11)7(6)5-10(12,13)14;/h2-4H,5H2,1H3;/q-1;+1. The minimum atomic E-state index is -4.99. The van der Waals surface area contributed by atoms with E-state index in [4.69, 9.17) is 0 Å². The van der Waals surface area contributed by atoms with Crippen LogP contribution in [0.5, 0.6) is 0 Å². The molecule has 0 aliphatic rings. The van der Waals surface area contributed by atoms with E-state index in [0.29, 0.717) is 0 Å². The van der Waals surface area contributed by atoms with Gasteiger partial charge in [-0.3, -0.25) is 0 Å². The van der Waals surface area contributed by atoms with E-state index in [1.54, 1.807) is 0 Å². The summed E-state index contributed by atoms with van der Waals surface area (Å²) in [7, 11) is 1.13. The van der Waals surface area contributed by atoms with Crippen LogP contribution in [-0.4, -0.2) is 20.1 Å². The van der Waals surface area contributed by atoms with Gasteiger partial charge in [-0.25, -0.2) is 4.79 Å². The second-order valence-corrected chi connectivity index (χ2v) is 4.03. The Balaban J connectivity index is 0.00000256. The molecule has 0 N–H and O–H groups in total. The first kappa shape index (κ1) is 17.7. The number of hydrogen-bond donors (Lipinski definition) is 0. The summed E-state index contributed by atoms with van der Waals surface area (Å²) >= 11 is 3.00. The van der Waals surface area contributed by atoms with Crippen molar-refractivity contribution < 1.29 is 73.9 Å². The number of benzene rings is 1. The SMILES string of the molecule is COC(=O)c1cccc(Br)c1C[B-](F)(F)F.[K+]. The van der Waals surface area contributed by atoms with Crippen molar-refractivity contribution in [2.75, 3.05) is 7.11 Å². The molecule has 17 heavy (non-hydrogen) atoms. The molecule has 0 spiro atoms. The number of carbonyl (C=O) groups is 1. The Kier molecular flexibility index (Phi) is 7.58. The molecule has 0 amide bonds. The average Bonchev–Trinajstić information content (AvgIpc) is 2.18. The molecule has 0 aliphatic carbocycles. The minimum absolute atomic E-state index is 0. The quantitative estimate of drug-likeness (QED) is 0.582. The predicted octanol–water partition coefficient (Wildman–Crippen LogP) is 0.169. The summed E-state index contributed by atoms with van der Waals surface area (Å²) in [5.74, 6) is -0.767. The average molecular weight is 335 g/mol. The van der Waals surface area contributed by atoms with Crippen molar-refractivity contribution in [3.05, 3.63) is 33.8 Å². The van der Waals surface area contributed by atoms with Crippen molar-refractivity contribution in [2.45, 2.75) is 6.32 Å². The molecule has 0 radical (unpaired) electrons. The summed E-state index contributed by atoms with van der Waals surface area (Å²) in [5.41, 5.74) is -0.141. The number of halogens is 4. The van der Waals surface area contributed by atoms with Crippen LogP contribution in [0.4, 0.5) is 12.9 Å². The summed E-state index contributed by atoms with van der Waals surface area (Å²) in [5, 5.41) is 0. The normalized spacial score (nSPS) is 10.6. The van der Waals surface area contributed by atoms with E-state index in [-0.39, 0.29) is 67.0 Å². The van der Waals surface area contributed by atoms with E-state index < -0.39 is 19.3 Å². The van der Waals surface area contributed by atoms with Crippen LogP contribution in [-0.2, 0) is 11.1 Å². The van der Waals surface area contributed by atoms with E-state index in [1.807, 2.05) is 0 Å². The monoisotopic (exact) mass is 334 g/mol. The smallest absolute Gasteiger partial charge is 0.465 e. The number of ether oxygens (including phenoxy) is 1. The molecule has 0 atom stereocenters. The zero-order valence-electron chi connectivity index (χ0n) is 9.34. The van der Waals surface area contributed by atoms with Crippen molar-refractivity contribution in [3.8, 4) is 0 Å². The second kappa shape index (κ2) is 7.30. The van der Waals surface area contributed by atoms with E-state index in [1.165, 1.54) is 18.2 Å². The van der Waals surface area contributed by atoms with Gasteiger partial charge in [0.05, 0.1) is 12.7 Å². The van der Waals surface area contributed by atoms with Crippen LogP contribution in [0.1, 0.15) is 15.9 Å². The van der Waals surface area contributed by atoms with Crippen molar-refractivity contribution >= 4 is 28.9 Å². The third-order valence-electron chi connectivity index (χ3n) is 1.96. The molecule has 88 valence electrons. The Bertz CT molecular complexity index is 412. The number of methoxy groups -OCH3 is 1. The molecule has 0 aromatic heterocycles. The van der Waals surface area contributed by atoms with Gasteiger partial charge in [0.25, 0.3) is 0 Å². The maximum atomic E-state index is 12.4. The summed E-state index contributed by atoms with van der Waals surface area (Å²) < 4.78 is 41.8. The van der Waals surface area contributed by atoms with Gasteiger partial charge in [-0.1, -0.05) is 28.3 Å². The van der Waals surface area contributed by atoms with Crippen molar-refractivity contribution in [1.29, 1.82) is 0 Å². The van der Waals surface area contributed by atoms with Gasteiger partial charge in [0, 0.05) is 4.47 Å². The molecule has 0 saturated carbocycles. The van der Waals surface area contributed by atoms with Crippen LogP contribution < -0.4 is 51.4 Å². The molecule has 1 rings (SSSR count). The van der Waals surface area contributed by atoms with Gasteiger partial charge in [0.1, 0.15) is 0 Å². The first-order chi connectivity index (χ1) is 7.35. The first-order valence-corrected chi connectivity index (χ1v) is 5.21. The minimum Gasteiger partial charge on any atom is -0.465 e. The number of hydrogen-bond acceptors (Lipinski definition) is 2. The molecule has 0 aliphatic heterocycles. The third kappa shape index (κ3) is 5.44. The van der Waals surface area contributed by atoms with Crippen molar-refractivity contribution in [2.24, 2.45) is 0 Å². The molecule has 0 unspecified atom stereocenters. The fourth-order valence-electron chi connectivity index (χ4n) is 1.30. The molecule has 0 heterocycles. The molecule has 0 bridgehead atoms. The van der Waals surface area contributed by atoms with Crippen LogP contribution >= 0.6 is 15.9 Å². The molecule has 8 heteroatoms. The molecule has 1 aromatic carbocycles. The maximum absolute atomic E-state index is 12.4. The predicted molar refractivity (Wildman–Crippen MR) is 58.3 cm³/mol. The molecular weight excluding hydrogens is 327 g/mol. The van der Waals surface area contributed by atoms with E-state index in [0.717, 1.165) is 7.11 Å². The zero-order chi connectivity index (χ0) is 12.3. The zero-order valence-corrected chi connectivity index (χ0v) is 14.1. The topological polar surface area (TPSA) is 26.3 Å². The Morgan fingerprint density at radius 3 is 2.47 bits per heavy atom. The third-order valence-corrected chi connectivity index (χ3v) is 2.70. The summed E-state index contributed by atoms with van der Waals surface area (Å²) in [6.07, 6.45) is -1.11. The first-order valence-electron chi connectivity index (χ1n) is 4.42. The summed E-state index contributed by atoms with van der Waals surface area (Å²) in [6, 6.07) is 4.26. The fourth-order valence-corrected chi connectivity index (χ4v) is 1.83. The van der Waals surface area contributed by atoms with Crippen molar-refractivity contribution in [3.63, 3.8) is 0 Å². The van der Waals surface area contributed by atoms with Crippen LogP contribution in [0, 0.1) is 0 Å². The number of carbonyl (C=O) groups excluding carboxylic acids is 1. The molecule has 2 nitrogen and oxygen atoms in total. The summed E-state index contributed by atoms with van der Waals surface area (Å²) in [6.45, 7) is -4.99. The van der Waals surface area contributed by atoms with Crippen LogP contribution in [0.3, 0.4) is 0 Å².